The second-order valence-corrected chi connectivity index (χ2v) is 11.3. The molecule has 5 heterocycles. The van der Waals surface area contributed by atoms with E-state index in [0.29, 0.717) is 40.8 Å². The molecule has 0 radical (unpaired) electrons. The van der Waals surface area contributed by atoms with Crippen LogP contribution in [0, 0.1) is 5.82 Å². The number of likely N-dealkylation sites (tertiary alicyclic amines) is 1. The van der Waals surface area contributed by atoms with Crippen molar-refractivity contribution in [3.8, 4) is 23.0 Å². The summed E-state index contributed by atoms with van der Waals surface area (Å²) in [6.07, 6.45) is 6.02. The van der Waals surface area contributed by atoms with Gasteiger partial charge in [-0.1, -0.05) is 35.9 Å². The van der Waals surface area contributed by atoms with E-state index in [1.807, 2.05) is 24.3 Å². The van der Waals surface area contributed by atoms with Gasteiger partial charge in [-0.3, -0.25) is 4.98 Å². The van der Waals surface area contributed by atoms with E-state index in [4.69, 9.17) is 21.3 Å². The molecule has 0 saturated carbocycles. The third kappa shape index (κ3) is 4.33. The lowest BCUT2D eigenvalue weighted by Crippen LogP contribution is -2.51. The van der Waals surface area contributed by atoms with E-state index in [1.165, 1.54) is 0 Å². The molecule has 0 spiro atoms. The summed E-state index contributed by atoms with van der Waals surface area (Å²) in [5.74, 6) is -0.108. The fourth-order valence-electron chi connectivity index (χ4n) is 6.37. The summed E-state index contributed by atoms with van der Waals surface area (Å²) >= 11 is 6.56. The van der Waals surface area contributed by atoms with Crippen LogP contribution in [0.3, 0.4) is 0 Å². The molecule has 3 fully saturated rings. The van der Waals surface area contributed by atoms with Gasteiger partial charge in [-0.15, -0.1) is 0 Å². The van der Waals surface area contributed by atoms with E-state index in [-0.39, 0.29) is 34.0 Å². The molecule has 0 amide bonds. The van der Waals surface area contributed by atoms with Crippen LogP contribution >= 0.6 is 11.6 Å². The summed E-state index contributed by atoms with van der Waals surface area (Å²) in [5, 5.41) is 16.2. The summed E-state index contributed by atoms with van der Waals surface area (Å²) in [5.41, 5.74) is 0.502. The zero-order valence-electron chi connectivity index (χ0n) is 21.7. The molecule has 2 unspecified atom stereocenters. The highest BCUT2D eigenvalue weighted by molar-refractivity contribution is 6.36. The standard InChI is InChI=1S/C29H30ClFN6O2/c1-36-10-4-6-19(36)15-39-29-34-26-21(28(35-29)37-13-17-8-9-18(14-37)33-17)12-32-27(25(26)31)23-20-7-3-2-5-16(20)11-22(38)24(23)30/h2-3,5,7,11-12,17-19,33,38H,4,6,8-10,13-15H2,1H3/t17?,18?,19-/m0/s1. The molecule has 202 valence electrons. The number of phenolic OH excluding ortho intramolecular Hbond substituents is 1. The molecule has 8 nitrogen and oxygen atoms in total. The Morgan fingerprint density at radius 3 is 2.69 bits per heavy atom. The van der Waals surface area contributed by atoms with Crippen molar-refractivity contribution >= 4 is 39.1 Å². The molecule has 2 N–H and O–H groups in total. The highest BCUT2D eigenvalue weighted by Crippen LogP contribution is 2.43. The Labute approximate surface area is 230 Å². The molecule has 3 saturated heterocycles. The number of hydrogen-bond acceptors (Lipinski definition) is 8. The first-order valence-electron chi connectivity index (χ1n) is 13.6. The van der Waals surface area contributed by atoms with Crippen molar-refractivity contribution in [3.05, 3.63) is 47.4 Å². The van der Waals surface area contributed by atoms with Gasteiger partial charge >= 0.3 is 6.01 Å². The molecule has 4 aromatic rings. The number of fused-ring (bicyclic) bond motifs is 4. The number of nitrogens with one attached hydrogen (secondary N) is 1. The van der Waals surface area contributed by atoms with Crippen LogP contribution in [0.2, 0.25) is 5.02 Å². The lowest BCUT2D eigenvalue weighted by atomic mass is 10.00. The van der Waals surface area contributed by atoms with Crippen LogP contribution in [-0.2, 0) is 0 Å². The topological polar surface area (TPSA) is 86.6 Å². The number of anilines is 1. The van der Waals surface area contributed by atoms with Crippen LogP contribution in [0.5, 0.6) is 11.8 Å². The van der Waals surface area contributed by atoms with Gasteiger partial charge in [-0.2, -0.15) is 9.97 Å². The number of likely N-dealkylation sites (N-methyl/N-ethyl adjacent to an activating group) is 1. The average Bonchev–Trinajstić information content (AvgIpc) is 3.51. The molecule has 0 aliphatic carbocycles. The quantitative estimate of drug-likeness (QED) is 0.369. The maximum absolute atomic E-state index is 16.5. The number of piperazine rings is 1. The first-order chi connectivity index (χ1) is 19.0. The second kappa shape index (κ2) is 9.73. The lowest BCUT2D eigenvalue weighted by molar-refractivity contribution is 0.188. The fraction of sp³-hybridized carbons (Fsp3) is 0.414. The van der Waals surface area contributed by atoms with E-state index in [0.717, 1.165) is 50.7 Å². The minimum Gasteiger partial charge on any atom is -0.506 e. The molecule has 3 atom stereocenters. The molecular weight excluding hydrogens is 519 g/mol. The van der Waals surface area contributed by atoms with E-state index in [1.54, 1.807) is 12.3 Å². The third-order valence-corrected chi connectivity index (χ3v) is 8.82. The Morgan fingerprint density at radius 1 is 1.13 bits per heavy atom. The minimum absolute atomic E-state index is 0.0334. The van der Waals surface area contributed by atoms with Crippen molar-refractivity contribution in [1.29, 1.82) is 0 Å². The maximum Gasteiger partial charge on any atom is 0.319 e. The van der Waals surface area contributed by atoms with Crippen molar-refractivity contribution < 1.29 is 14.2 Å². The van der Waals surface area contributed by atoms with Gasteiger partial charge in [0.1, 0.15) is 29.4 Å². The Hall–Kier alpha value is -3.27. The molecule has 2 aromatic carbocycles. The summed E-state index contributed by atoms with van der Waals surface area (Å²) in [6.45, 7) is 3.03. The van der Waals surface area contributed by atoms with E-state index in [9.17, 15) is 5.11 Å². The summed E-state index contributed by atoms with van der Waals surface area (Å²) in [4.78, 5) is 18.4. The maximum atomic E-state index is 16.5. The SMILES string of the molecule is CN1CCC[C@H]1COc1nc(N2CC3CCC(C2)N3)c2cnc(-c3c(Cl)c(O)cc4ccccc34)c(F)c2n1. The minimum atomic E-state index is -0.616. The third-order valence-electron chi connectivity index (χ3n) is 8.44. The molecule has 3 aliphatic rings. The number of nitrogens with zero attached hydrogens (tertiary/aromatic N) is 5. The van der Waals surface area contributed by atoms with Crippen LogP contribution < -0.4 is 15.0 Å². The monoisotopic (exact) mass is 548 g/mol. The number of pyridine rings is 1. The number of phenols is 1. The first kappa shape index (κ1) is 24.7. The molecule has 10 heteroatoms. The average molecular weight is 549 g/mol. The molecule has 39 heavy (non-hydrogen) atoms. The van der Waals surface area contributed by atoms with Gasteiger partial charge in [0.25, 0.3) is 0 Å². The highest BCUT2D eigenvalue weighted by atomic mass is 35.5. The zero-order chi connectivity index (χ0) is 26.7. The van der Waals surface area contributed by atoms with Crippen molar-refractivity contribution in [1.82, 2.24) is 25.2 Å². The Kier molecular flexibility index (Phi) is 6.17. The van der Waals surface area contributed by atoms with Gasteiger partial charge in [0, 0.05) is 43.0 Å². The molecule has 7 rings (SSSR count). The van der Waals surface area contributed by atoms with Crippen molar-refractivity contribution in [2.75, 3.05) is 38.2 Å². The number of halogens is 2. The number of ether oxygens (including phenoxy) is 1. The zero-order valence-corrected chi connectivity index (χ0v) is 22.5. The smallest absolute Gasteiger partial charge is 0.319 e. The van der Waals surface area contributed by atoms with Gasteiger partial charge in [0.2, 0.25) is 0 Å². The Morgan fingerprint density at radius 2 is 1.92 bits per heavy atom. The largest absolute Gasteiger partial charge is 0.506 e. The summed E-state index contributed by atoms with van der Waals surface area (Å²) < 4.78 is 22.6. The normalized spacial score (nSPS) is 23.3. The number of hydrogen-bond donors (Lipinski definition) is 2. The van der Waals surface area contributed by atoms with Gasteiger partial charge < -0.3 is 25.0 Å². The van der Waals surface area contributed by atoms with Crippen molar-refractivity contribution in [2.24, 2.45) is 0 Å². The second-order valence-electron chi connectivity index (χ2n) is 10.9. The van der Waals surface area contributed by atoms with Crippen LogP contribution in [-0.4, -0.2) is 76.4 Å². The van der Waals surface area contributed by atoms with Gasteiger partial charge in [0.05, 0.1) is 10.4 Å². The molecular formula is C29H30ClFN6O2. The fourth-order valence-corrected chi connectivity index (χ4v) is 6.62. The van der Waals surface area contributed by atoms with Crippen LogP contribution in [0.25, 0.3) is 32.9 Å². The number of aromatic nitrogens is 3. The van der Waals surface area contributed by atoms with Crippen molar-refractivity contribution in [3.63, 3.8) is 0 Å². The first-order valence-corrected chi connectivity index (χ1v) is 13.9. The van der Waals surface area contributed by atoms with Crippen LogP contribution in [0.15, 0.2) is 36.5 Å². The highest BCUT2D eigenvalue weighted by Gasteiger charge is 2.34. The van der Waals surface area contributed by atoms with Crippen LogP contribution in [0.4, 0.5) is 10.2 Å². The summed E-state index contributed by atoms with van der Waals surface area (Å²) in [7, 11) is 2.09. The van der Waals surface area contributed by atoms with E-state index < -0.39 is 5.82 Å². The summed E-state index contributed by atoms with van der Waals surface area (Å²) in [6, 6.07) is 10.2. The van der Waals surface area contributed by atoms with Crippen molar-refractivity contribution in [2.45, 2.75) is 43.8 Å². The Balaban J connectivity index is 1.38. The van der Waals surface area contributed by atoms with Gasteiger partial charge in [-0.05, 0) is 56.1 Å². The van der Waals surface area contributed by atoms with E-state index >= 15 is 4.39 Å². The number of benzene rings is 2. The molecule has 3 aliphatic heterocycles. The lowest BCUT2D eigenvalue weighted by Gasteiger charge is -2.34. The molecule has 2 aromatic heterocycles. The number of rotatable bonds is 5. The van der Waals surface area contributed by atoms with Crippen LogP contribution in [0.1, 0.15) is 25.7 Å². The van der Waals surface area contributed by atoms with Gasteiger partial charge in [0.15, 0.2) is 5.82 Å². The van der Waals surface area contributed by atoms with E-state index in [2.05, 4.69) is 32.1 Å². The number of aromatic hydroxyl groups is 1. The molecule has 2 bridgehead atoms. The predicted octanol–water partition coefficient (Wildman–Crippen LogP) is 4.76. The van der Waals surface area contributed by atoms with Gasteiger partial charge in [-0.25, -0.2) is 4.39 Å². The Bertz CT molecular complexity index is 1570. The predicted molar refractivity (Wildman–Crippen MR) is 150 cm³/mol.